The summed E-state index contributed by atoms with van der Waals surface area (Å²) in [5.41, 5.74) is 4.20. The van der Waals surface area contributed by atoms with E-state index < -0.39 is 0 Å². The molecule has 0 unspecified atom stereocenters. The van der Waals surface area contributed by atoms with Crippen LogP contribution in [0, 0.1) is 6.92 Å². The second-order valence-electron chi connectivity index (χ2n) is 6.22. The first-order valence-corrected chi connectivity index (χ1v) is 8.58. The Morgan fingerprint density at radius 3 is 2.56 bits per heavy atom. The summed E-state index contributed by atoms with van der Waals surface area (Å²) in [5, 5.41) is 3.15. The molecule has 0 bridgehead atoms. The number of aromatic nitrogens is 2. The summed E-state index contributed by atoms with van der Waals surface area (Å²) in [6.45, 7) is 4.92. The van der Waals surface area contributed by atoms with Crippen molar-refractivity contribution in [2.45, 2.75) is 32.9 Å². The molecule has 1 heterocycles. The number of carbonyl (C=O) groups is 1. The number of amides is 1. The number of nitrogens with one attached hydrogen (secondary N) is 1. The van der Waals surface area contributed by atoms with Gasteiger partial charge in [-0.2, -0.15) is 0 Å². The molecule has 3 aromatic rings. The van der Waals surface area contributed by atoms with Crippen LogP contribution in [-0.4, -0.2) is 15.5 Å². The molecule has 0 fully saturated rings. The van der Waals surface area contributed by atoms with Gasteiger partial charge in [-0.15, -0.1) is 0 Å². The Kier molecular flexibility index (Phi) is 5.29. The molecule has 4 nitrogen and oxygen atoms in total. The maximum atomic E-state index is 12.6. The van der Waals surface area contributed by atoms with E-state index in [2.05, 4.69) is 36.3 Å². The Balaban J connectivity index is 1.69. The van der Waals surface area contributed by atoms with Crippen LogP contribution in [0.15, 0.2) is 67.3 Å². The van der Waals surface area contributed by atoms with Crippen LogP contribution < -0.4 is 5.32 Å². The number of carbonyl (C=O) groups excluding carboxylic acids is 1. The van der Waals surface area contributed by atoms with E-state index in [1.165, 1.54) is 11.1 Å². The smallest absolute Gasteiger partial charge is 0.251 e. The van der Waals surface area contributed by atoms with E-state index in [-0.39, 0.29) is 11.9 Å². The van der Waals surface area contributed by atoms with Gasteiger partial charge in [0.15, 0.2) is 0 Å². The van der Waals surface area contributed by atoms with Crippen LogP contribution in [0.5, 0.6) is 0 Å². The minimum Gasteiger partial charge on any atom is -0.345 e. The number of benzene rings is 2. The van der Waals surface area contributed by atoms with Crippen molar-refractivity contribution in [3.05, 3.63) is 89.5 Å². The molecule has 128 valence electrons. The van der Waals surface area contributed by atoms with Crippen LogP contribution in [-0.2, 0) is 6.54 Å². The van der Waals surface area contributed by atoms with Gasteiger partial charge in [0.1, 0.15) is 0 Å². The Labute approximate surface area is 148 Å². The third-order valence-electron chi connectivity index (χ3n) is 4.42. The van der Waals surface area contributed by atoms with E-state index in [1.54, 1.807) is 12.5 Å². The molecule has 1 aromatic heterocycles. The molecule has 4 heteroatoms. The van der Waals surface area contributed by atoms with Crippen LogP contribution >= 0.6 is 0 Å². The quantitative estimate of drug-likeness (QED) is 0.737. The van der Waals surface area contributed by atoms with Gasteiger partial charge in [-0.05, 0) is 42.2 Å². The molecule has 0 spiro atoms. The molecular weight excluding hydrogens is 310 g/mol. The lowest BCUT2D eigenvalue weighted by Gasteiger charge is -2.19. The first-order valence-electron chi connectivity index (χ1n) is 8.58. The molecule has 1 N–H and O–H groups in total. The molecule has 25 heavy (non-hydrogen) atoms. The Bertz CT molecular complexity index is 823. The van der Waals surface area contributed by atoms with Crippen LogP contribution in [0.2, 0.25) is 0 Å². The number of nitrogens with zero attached hydrogens (tertiary/aromatic N) is 2. The van der Waals surface area contributed by atoms with Crippen molar-refractivity contribution >= 4 is 5.91 Å². The minimum absolute atomic E-state index is 0.0272. The van der Waals surface area contributed by atoms with Crippen molar-refractivity contribution in [2.75, 3.05) is 0 Å². The van der Waals surface area contributed by atoms with Gasteiger partial charge in [0.05, 0.1) is 12.4 Å². The van der Waals surface area contributed by atoms with Gasteiger partial charge in [-0.25, -0.2) is 4.98 Å². The zero-order valence-electron chi connectivity index (χ0n) is 14.6. The Hall–Kier alpha value is -2.88. The summed E-state index contributed by atoms with van der Waals surface area (Å²) in [4.78, 5) is 16.6. The third-order valence-corrected chi connectivity index (χ3v) is 4.42. The SMILES string of the molecule is CC[C@H](NC(=O)c1ccc(Cn2ccnc2)cc1)c1ccccc1C. The zero-order valence-corrected chi connectivity index (χ0v) is 14.6. The van der Waals surface area contributed by atoms with Gasteiger partial charge in [0.2, 0.25) is 0 Å². The number of hydrogen-bond acceptors (Lipinski definition) is 2. The van der Waals surface area contributed by atoms with Gasteiger partial charge in [-0.3, -0.25) is 4.79 Å². The van der Waals surface area contributed by atoms with E-state index in [9.17, 15) is 4.79 Å². The summed E-state index contributed by atoms with van der Waals surface area (Å²) in [6, 6.07) is 16.0. The predicted molar refractivity (Wildman–Crippen MR) is 99.4 cm³/mol. The largest absolute Gasteiger partial charge is 0.345 e. The maximum Gasteiger partial charge on any atom is 0.251 e. The minimum atomic E-state index is -0.0377. The molecule has 1 amide bonds. The van der Waals surface area contributed by atoms with E-state index in [1.807, 2.05) is 47.2 Å². The summed E-state index contributed by atoms with van der Waals surface area (Å²) in [5.74, 6) is -0.0377. The number of hydrogen-bond donors (Lipinski definition) is 1. The first-order chi connectivity index (χ1) is 12.2. The van der Waals surface area contributed by atoms with Gasteiger partial charge in [0.25, 0.3) is 5.91 Å². The topological polar surface area (TPSA) is 46.9 Å². The second kappa shape index (κ2) is 7.79. The summed E-state index contributed by atoms with van der Waals surface area (Å²) < 4.78 is 2.00. The highest BCUT2D eigenvalue weighted by atomic mass is 16.1. The van der Waals surface area contributed by atoms with Gasteiger partial charge in [-0.1, -0.05) is 43.3 Å². The fourth-order valence-corrected chi connectivity index (χ4v) is 2.97. The number of imidazole rings is 1. The molecule has 0 saturated heterocycles. The van der Waals surface area contributed by atoms with Crippen LogP contribution in [0.1, 0.15) is 46.4 Å². The summed E-state index contributed by atoms with van der Waals surface area (Å²) in [6.07, 6.45) is 6.33. The zero-order chi connectivity index (χ0) is 17.6. The fourth-order valence-electron chi connectivity index (χ4n) is 2.97. The van der Waals surface area contributed by atoms with Crippen LogP contribution in [0.3, 0.4) is 0 Å². The molecule has 0 aliphatic heterocycles. The normalized spacial score (nSPS) is 11.9. The van der Waals surface area contributed by atoms with E-state index in [0.29, 0.717) is 5.56 Å². The molecule has 1 atom stereocenters. The van der Waals surface area contributed by atoms with Gasteiger partial charge < -0.3 is 9.88 Å². The van der Waals surface area contributed by atoms with Gasteiger partial charge in [0, 0.05) is 24.5 Å². The van der Waals surface area contributed by atoms with Crippen molar-refractivity contribution in [1.82, 2.24) is 14.9 Å². The third kappa shape index (κ3) is 4.15. The Morgan fingerprint density at radius 2 is 1.92 bits per heavy atom. The summed E-state index contributed by atoms with van der Waals surface area (Å²) in [7, 11) is 0. The molecule has 3 rings (SSSR count). The molecule has 2 aromatic carbocycles. The lowest BCUT2D eigenvalue weighted by Crippen LogP contribution is -2.28. The van der Waals surface area contributed by atoms with Crippen molar-refractivity contribution in [2.24, 2.45) is 0 Å². The lowest BCUT2D eigenvalue weighted by atomic mass is 9.99. The second-order valence-corrected chi connectivity index (χ2v) is 6.22. The van der Waals surface area contributed by atoms with E-state index in [0.717, 1.165) is 18.5 Å². The number of aryl methyl sites for hydroxylation is 1. The molecular formula is C21H23N3O. The highest BCUT2D eigenvalue weighted by Gasteiger charge is 2.15. The van der Waals surface area contributed by atoms with Crippen LogP contribution in [0.4, 0.5) is 0 Å². The van der Waals surface area contributed by atoms with Gasteiger partial charge >= 0.3 is 0 Å². The van der Waals surface area contributed by atoms with Crippen molar-refractivity contribution in [3.63, 3.8) is 0 Å². The van der Waals surface area contributed by atoms with E-state index in [4.69, 9.17) is 0 Å². The molecule has 0 aliphatic carbocycles. The predicted octanol–water partition coefficient (Wildman–Crippen LogP) is 4.12. The highest BCUT2D eigenvalue weighted by molar-refractivity contribution is 5.94. The van der Waals surface area contributed by atoms with Crippen molar-refractivity contribution < 1.29 is 4.79 Å². The highest BCUT2D eigenvalue weighted by Crippen LogP contribution is 2.21. The lowest BCUT2D eigenvalue weighted by molar-refractivity contribution is 0.0935. The average Bonchev–Trinajstić information content (AvgIpc) is 3.14. The average molecular weight is 333 g/mol. The fraction of sp³-hybridized carbons (Fsp3) is 0.238. The summed E-state index contributed by atoms with van der Waals surface area (Å²) >= 11 is 0. The van der Waals surface area contributed by atoms with E-state index >= 15 is 0 Å². The monoisotopic (exact) mass is 333 g/mol. The standard InChI is InChI=1S/C21H23N3O/c1-3-20(19-7-5-4-6-16(19)2)23-21(25)18-10-8-17(9-11-18)14-24-13-12-22-15-24/h4-13,15,20H,3,14H2,1-2H3,(H,23,25)/t20-/m0/s1. The number of rotatable bonds is 6. The van der Waals surface area contributed by atoms with Crippen molar-refractivity contribution in [3.8, 4) is 0 Å². The molecule has 0 radical (unpaired) electrons. The van der Waals surface area contributed by atoms with Crippen molar-refractivity contribution in [1.29, 1.82) is 0 Å². The Morgan fingerprint density at radius 1 is 1.16 bits per heavy atom. The molecule has 0 aliphatic rings. The maximum absolute atomic E-state index is 12.6. The molecule has 0 saturated carbocycles. The van der Waals surface area contributed by atoms with Crippen LogP contribution in [0.25, 0.3) is 0 Å². The first kappa shape index (κ1) is 17.0.